The molecular weight excluding hydrogens is 305 g/mol. The number of carbonyl (C=O) groups excluding carboxylic acids is 1. The number of rotatable bonds is 6. The molecule has 0 aliphatic carbocycles. The van der Waals surface area contributed by atoms with Crippen LogP contribution in [0.15, 0.2) is 24.3 Å². The molecular formula is C14H18ClF3N2O. The maximum absolute atomic E-state index is 12.1. The van der Waals surface area contributed by atoms with Crippen LogP contribution < -0.4 is 5.32 Å². The third-order valence-corrected chi connectivity index (χ3v) is 3.02. The zero-order chi connectivity index (χ0) is 16.0. The van der Waals surface area contributed by atoms with Crippen molar-refractivity contribution in [1.29, 1.82) is 0 Å². The lowest BCUT2D eigenvalue weighted by atomic mass is 10.2. The van der Waals surface area contributed by atoms with Crippen molar-refractivity contribution in [1.82, 2.24) is 10.2 Å². The molecule has 0 spiro atoms. The molecule has 0 heterocycles. The Labute approximate surface area is 127 Å². The molecule has 0 aliphatic rings. The number of benzene rings is 1. The Morgan fingerprint density at radius 2 is 2.05 bits per heavy atom. The van der Waals surface area contributed by atoms with Gasteiger partial charge in [-0.1, -0.05) is 23.7 Å². The van der Waals surface area contributed by atoms with Gasteiger partial charge in [0.15, 0.2) is 0 Å². The van der Waals surface area contributed by atoms with Crippen LogP contribution in [0.3, 0.4) is 0 Å². The SMILES string of the molecule is CC(C)N(Cc1cccc(Cl)c1)C(=O)CNCC(F)(F)F. The van der Waals surface area contributed by atoms with E-state index < -0.39 is 12.7 Å². The molecule has 0 saturated heterocycles. The molecule has 7 heteroatoms. The summed E-state index contributed by atoms with van der Waals surface area (Å²) in [6.07, 6.45) is -4.32. The van der Waals surface area contributed by atoms with Crippen molar-refractivity contribution in [3.05, 3.63) is 34.9 Å². The minimum absolute atomic E-state index is 0.121. The van der Waals surface area contributed by atoms with Crippen molar-refractivity contribution >= 4 is 17.5 Å². The molecule has 0 unspecified atom stereocenters. The zero-order valence-electron chi connectivity index (χ0n) is 11.9. The van der Waals surface area contributed by atoms with Crippen molar-refractivity contribution in [2.24, 2.45) is 0 Å². The van der Waals surface area contributed by atoms with Gasteiger partial charge in [0.1, 0.15) is 0 Å². The summed E-state index contributed by atoms with van der Waals surface area (Å²) in [5, 5.41) is 2.67. The first-order valence-electron chi connectivity index (χ1n) is 6.50. The molecule has 118 valence electrons. The Morgan fingerprint density at radius 1 is 1.38 bits per heavy atom. The second-order valence-corrected chi connectivity index (χ2v) is 5.40. The molecule has 3 nitrogen and oxygen atoms in total. The van der Waals surface area contributed by atoms with E-state index in [9.17, 15) is 18.0 Å². The fourth-order valence-electron chi connectivity index (χ4n) is 1.80. The van der Waals surface area contributed by atoms with Crippen LogP contribution in [0.5, 0.6) is 0 Å². The van der Waals surface area contributed by atoms with Crippen LogP contribution in [-0.4, -0.2) is 36.1 Å². The first-order valence-corrected chi connectivity index (χ1v) is 6.88. The van der Waals surface area contributed by atoms with Gasteiger partial charge in [-0.2, -0.15) is 13.2 Å². The predicted molar refractivity (Wildman–Crippen MR) is 76.1 cm³/mol. The molecule has 0 radical (unpaired) electrons. The Kier molecular flexibility index (Phi) is 6.48. The van der Waals surface area contributed by atoms with E-state index in [-0.39, 0.29) is 18.5 Å². The number of carbonyl (C=O) groups is 1. The average molecular weight is 323 g/mol. The summed E-state index contributed by atoms with van der Waals surface area (Å²) in [5.74, 6) is -0.380. The number of nitrogens with zero attached hydrogens (tertiary/aromatic N) is 1. The smallest absolute Gasteiger partial charge is 0.335 e. The van der Waals surface area contributed by atoms with E-state index in [0.29, 0.717) is 11.6 Å². The number of alkyl halides is 3. The van der Waals surface area contributed by atoms with Gasteiger partial charge in [0.05, 0.1) is 13.1 Å². The monoisotopic (exact) mass is 322 g/mol. The number of halogens is 4. The van der Waals surface area contributed by atoms with Crippen LogP contribution in [0.4, 0.5) is 13.2 Å². The number of hydrogen-bond acceptors (Lipinski definition) is 2. The molecule has 0 saturated carbocycles. The van der Waals surface area contributed by atoms with Crippen LogP contribution in [0.2, 0.25) is 5.02 Å². The van der Waals surface area contributed by atoms with Gasteiger partial charge < -0.3 is 10.2 Å². The van der Waals surface area contributed by atoms with E-state index in [2.05, 4.69) is 5.32 Å². The molecule has 0 fully saturated rings. The molecule has 1 N–H and O–H groups in total. The van der Waals surface area contributed by atoms with Gasteiger partial charge in [-0.3, -0.25) is 4.79 Å². The molecule has 0 bridgehead atoms. The highest BCUT2D eigenvalue weighted by Gasteiger charge is 2.27. The van der Waals surface area contributed by atoms with Crippen LogP contribution in [0.25, 0.3) is 0 Å². The summed E-state index contributed by atoms with van der Waals surface area (Å²) < 4.78 is 36.2. The van der Waals surface area contributed by atoms with Crippen molar-refractivity contribution in [2.45, 2.75) is 32.6 Å². The largest absolute Gasteiger partial charge is 0.401 e. The first-order chi connectivity index (χ1) is 9.69. The normalized spacial score (nSPS) is 11.8. The van der Waals surface area contributed by atoms with E-state index in [0.717, 1.165) is 5.56 Å². The topological polar surface area (TPSA) is 32.3 Å². The van der Waals surface area contributed by atoms with Gasteiger partial charge in [0.2, 0.25) is 5.91 Å². The lowest BCUT2D eigenvalue weighted by molar-refractivity contribution is -0.136. The number of amides is 1. The fraction of sp³-hybridized carbons (Fsp3) is 0.500. The van der Waals surface area contributed by atoms with Crippen molar-refractivity contribution in [2.75, 3.05) is 13.1 Å². The molecule has 21 heavy (non-hydrogen) atoms. The molecule has 0 aliphatic heterocycles. The summed E-state index contributed by atoms with van der Waals surface area (Å²) in [6.45, 7) is 2.41. The van der Waals surface area contributed by atoms with Crippen molar-refractivity contribution in [3.8, 4) is 0 Å². The van der Waals surface area contributed by atoms with Gasteiger partial charge in [0, 0.05) is 17.6 Å². The standard InChI is InChI=1S/C14H18ClF3N2O/c1-10(2)20(8-11-4-3-5-12(15)6-11)13(21)7-19-9-14(16,17)18/h3-6,10,19H,7-9H2,1-2H3. The Bertz CT molecular complexity index is 478. The molecule has 1 amide bonds. The molecule has 1 aromatic rings. The van der Waals surface area contributed by atoms with Gasteiger partial charge in [-0.05, 0) is 31.5 Å². The van der Waals surface area contributed by atoms with E-state index >= 15 is 0 Å². The third-order valence-electron chi connectivity index (χ3n) is 2.79. The predicted octanol–water partition coefficient (Wildman–Crippen LogP) is 3.23. The summed E-state index contributed by atoms with van der Waals surface area (Å²) in [4.78, 5) is 13.5. The third kappa shape index (κ3) is 6.82. The van der Waals surface area contributed by atoms with Crippen molar-refractivity contribution in [3.63, 3.8) is 0 Å². The first kappa shape index (κ1) is 17.8. The summed E-state index contributed by atoms with van der Waals surface area (Å²) in [7, 11) is 0. The number of hydrogen-bond donors (Lipinski definition) is 1. The van der Waals surface area contributed by atoms with E-state index in [1.165, 1.54) is 4.90 Å². The fourth-order valence-corrected chi connectivity index (χ4v) is 2.02. The highest BCUT2D eigenvalue weighted by atomic mass is 35.5. The Balaban J connectivity index is 2.62. The highest BCUT2D eigenvalue weighted by molar-refractivity contribution is 6.30. The second kappa shape index (κ2) is 7.66. The van der Waals surface area contributed by atoms with E-state index in [4.69, 9.17) is 11.6 Å². The Hall–Kier alpha value is -1.27. The van der Waals surface area contributed by atoms with Crippen LogP contribution in [-0.2, 0) is 11.3 Å². The second-order valence-electron chi connectivity index (χ2n) is 4.96. The molecule has 1 aromatic carbocycles. The summed E-state index contributed by atoms with van der Waals surface area (Å²) in [5.41, 5.74) is 0.834. The molecule has 1 rings (SSSR count). The van der Waals surface area contributed by atoms with E-state index in [1.807, 2.05) is 19.9 Å². The summed E-state index contributed by atoms with van der Waals surface area (Å²) in [6, 6.07) is 6.91. The van der Waals surface area contributed by atoms with Gasteiger partial charge in [-0.15, -0.1) is 0 Å². The lowest BCUT2D eigenvalue weighted by Gasteiger charge is -2.27. The quantitative estimate of drug-likeness (QED) is 0.872. The average Bonchev–Trinajstić information content (AvgIpc) is 2.34. The molecule has 0 atom stereocenters. The minimum atomic E-state index is -4.32. The van der Waals surface area contributed by atoms with Crippen molar-refractivity contribution < 1.29 is 18.0 Å². The maximum Gasteiger partial charge on any atom is 0.401 e. The van der Waals surface area contributed by atoms with Gasteiger partial charge >= 0.3 is 6.18 Å². The molecule has 0 aromatic heterocycles. The van der Waals surface area contributed by atoms with Crippen LogP contribution >= 0.6 is 11.6 Å². The van der Waals surface area contributed by atoms with Gasteiger partial charge in [-0.25, -0.2) is 0 Å². The van der Waals surface area contributed by atoms with Crippen LogP contribution in [0, 0.1) is 0 Å². The van der Waals surface area contributed by atoms with Crippen LogP contribution in [0.1, 0.15) is 19.4 Å². The summed E-state index contributed by atoms with van der Waals surface area (Å²) >= 11 is 5.88. The highest BCUT2D eigenvalue weighted by Crippen LogP contribution is 2.15. The van der Waals surface area contributed by atoms with Gasteiger partial charge in [0.25, 0.3) is 0 Å². The number of nitrogens with one attached hydrogen (secondary N) is 1. The minimum Gasteiger partial charge on any atom is -0.335 e. The lowest BCUT2D eigenvalue weighted by Crippen LogP contribution is -2.43. The van der Waals surface area contributed by atoms with E-state index in [1.54, 1.807) is 18.2 Å². The maximum atomic E-state index is 12.1. The zero-order valence-corrected chi connectivity index (χ0v) is 12.6. The Morgan fingerprint density at radius 3 is 2.57 bits per heavy atom.